The van der Waals surface area contributed by atoms with Crippen molar-refractivity contribution in [3.8, 4) is 0 Å². The Morgan fingerprint density at radius 3 is 2.65 bits per heavy atom. The van der Waals surface area contributed by atoms with E-state index in [2.05, 4.69) is 16.0 Å². The van der Waals surface area contributed by atoms with Gasteiger partial charge in [0, 0.05) is 19.7 Å². The summed E-state index contributed by atoms with van der Waals surface area (Å²) in [6.45, 7) is 3.08. The first-order valence-electron chi connectivity index (χ1n) is 7.62. The van der Waals surface area contributed by atoms with Crippen molar-refractivity contribution in [2.45, 2.75) is 37.8 Å². The zero-order valence-corrected chi connectivity index (χ0v) is 12.2. The van der Waals surface area contributed by atoms with Crippen molar-refractivity contribution in [1.29, 1.82) is 0 Å². The molecule has 0 spiro atoms. The topological polar surface area (TPSA) is 82.6 Å². The number of rotatable bonds is 6. The van der Waals surface area contributed by atoms with Crippen LogP contribution in [0.3, 0.4) is 0 Å². The van der Waals surface area contributed by atoms with Crippen LogP contribution in [0.25, 0.3) is 0 Å². The minimum Gasteiger partial charge on any atom is -0.393 e. The number of amides is 2. The maximum atomic E-state index is 11.9. The van der Waals surface area contributed by atoms with E-state index in [4.69, 9.17) is 4.74 Å². The van der Waals surface area contributed by atoms with Gasteiger partial charge in [-0.25, -0.2) is 4.79 Å². The Bertz CT molecular complexity index is 302. The molecule has 1 aliphatic heterocycles. The summed E-state index contributed by atoms with van der Waals surface area (Å²) in [5.74, 6) is 0.934. The fourth-order valence-corrected chi connectivity index (χ4v) is 3.22. The van der Waals surface area contributed by atoms with Gasteiger partial charge in [-0.2, -0.15) is 0 Å². The highest BCUT2D eigenvalue weighted by molar-refractivity contribution is 5.74. The number of hydrogen-bond acceptors (Lipinski definition) is 4. The average Bonchev–Trinajstić information content (AvgIpc) is 2.43. The van der Waals surface area contributed by atoms with Crippen molar-refractivity contribution in [1.82, 2.24) is 16.0 Å². The first-order chi connectivity index (χ1) is 9.70. The van der Waals surface area contributed by atoms with Gasteiger partial charge in [-0.05, 0) is 50.6 Å². The quantitative estimate of drug-likeness (QED) is 0.521. The zero-order valence-electron chi connectivity index (χ0n) is 12.2. The second kappa shape index (κ2) is 7.81. The van der Waals surface area contributed by atoms with Gasteiger partial charge >= 0.3 is 6.03 Å². The second-order valence-electron chi connectivity index (χ2n) is 5.89. The molecular formula is C14H27N3O3. The molecule has 0 aromatic heterocycles. The molecule has 0 unspecified atom stereocenters. The van der Waals surface area contributed by atoms with E-state index in [-0.39, 0.29) is 18.2 Å². The molecule has 2 fully saturated rings. The number of ether oxygens (including phenoxy) is 1. The molecule has 116 valence electrons. The highest BCUT2D eigenvalue weighted by atomic mass is 16.5. The minimum absolute atomic E-state index is 0.119. The molecule has 0 aromatic carbocycles. The van der Waals surface area contributed by atoms with E-state index >= 15 is 0 Å². The van der Waals surface area contributed by atoms with Gasteiger partial charge in [-0.15, -0.1) is 0 Å². The summed E-state index contributed by atoms with van der Waals surface area (Å²) in [5, 5.41) is 18.8. The van der Waals surface area contributed by atoms with Gasteiger partial charge in [-0.1, -0.05) is 0 Å². The van der Waals surface area contributed by atoms with Gasteiger partial charge in [0.15, 0.2) is 0 Å². The van der Waals surface area contributed by atoms with E-state index in [0.29, 0.717) is 25.0 Å². The Hall–Kier alpha value is -0.850. The van der Waals surface area contributed by atoms with Crippen molar-refractivity contribution in [2.24, 2.45) is 11.8 Å². The SMILES string of the molecule is COCCNC(=O)N[C@H](C1CCNCC1)C1CC(O)C1. The molecule has 6 nitrogen and oxygen atoms in total. The van der Waals surface area contributed by atoms with Crippen LogP contribution in [0.4, 0.5) is 4.79 Å². The third-order valence-electron chi connectivity index (χ3n) is 4.44. The number of methoxy groups -OCH3 is 1. The summed E-state index contributed by atoms with van der Waals surface area (Å²) in [7, 11) is 1.62. The third-order valence-corrected chi connectivity index (χ3v) is 4.44. The second-order valence-corrected chi connectivity index (χ2v) is 5.89. The number of aliphatic hydroxyl groups is 1. The summed E-state index contributed by atoms with van der Waals surface area (Å²) in [6.07, 6.45) is 3.63. The summed E-state index contributed by atoms with van der Waals surface area (Å²) in [4.78, 5) is 11.9. The summed E-state index contributed by atoms with van der Waals surface area (Å²) in [6, 6.07) is 0.0648. The zero-order chi connectivity index (χ0) is 14.4. The summed E-state index contributed by atoms with van der Waals surface area (Å²) >= 11 is 0. The van der Waals surface area contributed by atoms with Crippen LogP contribution in [0.2, 0.25) is 0 Å². The number of carbonyl (C=O) groups is 1. The molecule has 4 N–H and O–H groups in total. The molecule has 2 rings (SSSR count). The van der Waals surface area contributed by atoms with Crippen LogP contribution in [0.1, 0.15) is 25.7 Å². The number of nitrogens with one attached hydrogen (secondary N) is 3. The molecule has 20 heavy (non-hydrogen) atoms. The van der Waals surface area contributed by atoms with Crippen molar-refractivity contribution < 1.29 is 14.6 Å². The maximum absolute atomic E-state index is 11.9. The summed E-state index contributed by atoms with van der Waals surface area (Å²) < 4.78 is 4.92. The molecular weight excluding hydrogens is 258 g/mol. The predicted molar refractivity (Wildman–Crippen MR) is 76.5 cm³/mol. The third kappa shape index (κ3) is 4.33. The standard InChI is InChI=1S/C14H27N3O3/c1-20-7-6-16-14(19)17-13(11-8-12(18)9-11)10-2-4-15-5-3-10/h10-13,15,18H,2-9H2,1H3,(H2,16,17,19)/t11?,12?,13-/m1/s1. The van der Waals surface area contributed by atoms with Crippen molar-refractivity contribution in [3.63, 3.8) is 0 Å². The van der Waals surface area contributed by atoms with Crippen LogP contribution < -0.4 is 16.0 Å². The van der Waals surface area contributed by atoms with E-state index in [1.807, 2.05) is 0 Å². The van der Waals surface area contributed by atoms with Crippen LogP contribution >= 0.6 is 0 Å². The average molecular weight is 285 g/mol. The van der Waals surface area contributed by atoms with Crippen molar-refractivity contribution in [3.05, 3.63) is 0 Å². The number of carbonyl (C=O) groups excluding carboxylic acids is 1. The number of hydrogen-bond donors (Lipinski definition) is 4. The molecule has 1 saturated carbocycles. The van der Waals surface area contributed by atoms with E-state index < -0.39 is 0 Å². The highest BCUT2D eigenvalue weighted by Gasteiger charge is 2.39. The van der Waals surface area contributed by atoms with E-state index in [1.165, 1.54) is 0 Å². The lowest BCUT2D eigenvalue weighted by molar-refractivity contribution is 0.0116. The molecule has 0 radical (unpaired) electrons. The van der Waals surface area contributed by atoms with Gasteiger partial charge in [0.2, 0.25) is 0 Å². The Balaban J connectivity index is 1.83. The fourth-order valence-electron chi connectivity index (χ4n) is 3.22. The van der Waals surface area contributed by atoms with E-state index in [9.17, 15) is 9.90 Å². The fraction of sp³-hybridized carbons (Fsp3) is 0.929. The van der Waals surface area contributed by atoms with E-state index in [1.54, 1.807) is 7.11 Å². The van der Waals surface area contributed by atoms with Crippen LogP contribution in [0.5, 0.6) is 0 Å². The number of aliphatic hydroxyl groups excluding tert-OH is 1. The molecule has 1 aliphatic carbocycles. The van der Waals surface area contributed by atoms with Gasteiger partial charge in [0.05, 0.1) is 12.7 Å². The molecule has 1 heterocycles. The van der Waals surface area contributed by atoms with Gasteiger partial charge in [0.1, 0.15) is 0 Å². The lowest BCUT2D eigenvalue weighted by Gasteiger charge is -2.43. The maximum Gasteiger partial charge on any atom is 0.315 e. The van der Waals surface area contributed by atoms with Crippen LogP contribution in [-0.4, -0.2) is 56.6 Å². The smallest absolute Gasteiger partial charge is 0.315 e. The highest BCUT2D eigenvalue weighted by Crippen LogP contribution is 2.35. The minimum atomic E-state index is -0.178. The molecule has 2 aliphatic rings. The number of piperidine rings is 1. The lowest BCUT2D eigenvalue weighted by Crippen LogP contribution is -2.55. The number of urea groups is 1. The summed E-state index contributed by atoms with van der Waals surface area (Å²) in [5.41, 5.74) is 0. The Morgan fingerprint density at radius 1 is 1.35 bits per heavy atom. The molecule has 1 atom stereocenters. The Labute approximate surface area is 120 Å². The monoisotopic (exact) mass is 285 g/mol. The Morgan fingerprint density at radius 2 is 2.05 bits per heavy atom. The molecule has 1 saturated heterocycles. The largest absolute Gasteiger partial charge is 0.393 e. The normalized spacial score (nSPS) is 28.5. The predicted octanol–water partition coefficient (Wildman–Crippen LogP) is 0.0711. The first-order valence-corrected chi connectivity index (χ1v) is 7.62. The van der Waals surface area contributed by atoms with Gasteiger partial charge in [-0.3, -0.25) is 0 Å². The lowest BCUT2D eigenvalue weighted by atomic mass is 9.71. The van der Waals surface area contributed by atoms with E-state index in [0.717, 1.165) is 38.8 Å². The molecule has 0 aromatic rings. The van der Waals surface area contributed by atoms with Crippen molar-refractivity contribution >= 4 is 6.03 Å². The molecule has 2 amide bonds. The van der Waals surface area contributed by atoms with Gasteiger partial charge < -0.3 is 25.8 Å². The van der Waals surface area contributed by atoms with Crippen LogP contribution in [0.15, 0.2) is 0 Å². The first kappa shape index (κ1) is 15.5. The molecule has 0 bridgehead atoms. The molecule has 6 heteroatoms. The van der Waals surface area contributed by atoms with Crippen molar-refractivity contribution in [2.75, 3.05) is 33.4 Å². The van der Waals surface area contributed by atoms with Gasteiger partial charge in [0.25, 0.3) is 0 Å². The van der Waals surface area contributed by atoms with Crippen LogP contribution in [0, 0.1) is 11.8 Å². The Kier molecular flexibility index (Phi) is 6.06. The van der Waals surface area contributed by atoms with Crippen LogP contribution in [-0.2, 0) is 4.74 Å².